The van der Waals surface area contributed by atoms with Gasteiger partial charge >= 0.3 is 0 Å². The molecule has 10 heteroatoms. The number of rotatable bonds is 11. The van der Waals surface area contributed by atoms with E-state index in [9.17, 15) is 4.79 Å². The minimum absolute atomic E-state index is 0. The predicted octanol–water partition coefficient (Wildman–Crippen LogP) is 6.89. The fourth-order valence-electron chi connectivity index (χ4n) is 3.17. The topological polar surface area (TPSA) is 45.7 Å². The number of thiazole rings is 1. The van der Waals surface area contributed by atoms with Crippen LogP contribution in [0.25, 0.3) is 10.2 Å². The summed E-state index contributed by atoms with van der Waals surface area (Å²) < 4.78 is 6.28. The van der Waals surface area contributed by atoms with Crippen LogP contribution in [0.15, 0.2) is 41.3 Å². The summed E-state index contributed by atoms with van der Waals surface area (Å²) >= 11 is 15.5. The molecule has 2 aromatic carbocycles. The van der Waals surface area contributed by atoms with Crippen LogP contribution in [0.3, 0.4) is 0 Å². The van der Waals surface area contributed by atoms with Crippen molar-refractivity contribution < 1.29 is 9.53 Å². The molecule has 0 N–H and O–H groups in total. The fourth-order valence-corrected chi connectivity index (χ4v) is 5.45. The van der Waals surface area contributed by atoms with Crippen LogP contribution in [-0.4, -0.2) is 55.8 Å². The summed E-state index contributed by atoms with van der Waals surface area (Å²) in [5, 5.41) is 2.01. The molecule has 0 fully saturated rings. The first-order valence-electron chi connectivity index (χ1n) is 10.4. The molecular formula is C23H28Cl3N3O2S2. The van der Waals surface area contributed by atoms with Crippen LogP contribution in [-0.2, 0) is 4.79 Å². The van der Waals surface area contributed by atoms with Gasteiger partial charge in [-0.15, -0.1) is 24.2 Å². The SMILES string of the molecule is COc1ccc(Cl)c2sc(N(CCCN(C)C)C(=O)CCCSc3ccc(Cl)cc3)nc12.Cl. The zero-order chi connectivity index (χ0) is 23.1. The van der Waals surface area contributed by atoms with Crippen LogP contribution in [0.4, 0.5) is 5.13 Å². The number of halogens is 3. The van der Waals surface area contributed by atoms with Gasteiger partial charge in [-0.3, -0.25) is 9.69 Å². The average Bonchev–Trinajstić information content (AvgIpc) is 3.21. The summed E-state index contributed by atoms with van der Waals surface area (Å²) in [6.07, 6.45) is 2.10. The molecule has 0 radical (unpaired) electrons. The number of fused-ring (bicyclic) bond motifs is 1. The standard InChI is InChI=1S/C23H27Cl2N3O2S2.ClH/c1-27(2)13-5-14-28(20(29)6-4-15-31-17-9-7-16(24)8-10-17)23-26-21-19(30-3)12-11-18(25)22(21)32-23;/h7-12H,4-6,13-15H2,1-3H3;1H. The fraction of sp³-hybridized carbons (Fsp3) is 0.391. The second-order valence-electron chi connectivity index (χ2n) is 7.53. The molecule has 33 heavy (non-hydrogen) atoms. The van der Waals surface area contributed by atoms with E-state index in [1.165, 1.54) is 11.3 Å². The second kappa shape index (κ2) is 13.6. The number of carbonyl (C=O) groups excluding carboxylic acids is 1. The Kier molecular flexibility index (Phi) is 11.6. The van der Waals surface area contributed by atoms with Crippen molar-refractivity contribution in [3.63, 3.8) is 0 Å². The minimum Gasteiger partial charge on any atom is -0.494 e. The van der Waals surface area contributed by atoms with Crippen molar-refractivity contribution in [2.24, 2.45) is 0 Å². The van der Waals surface area contributed by atoms with Gasteiger partial charge in [-0.25, -0.2) is 4.98 Å². The Morgan fingerprint density at radius 3 is 2.48 bits per heavy atom. The quantitative estimate of drug-likeness (QED) is 0.193. The Morgan fingerprint density at radius 2 is 1.82 bits per heavy atom. The van der Waals surface area contributed by atoms with Crippen LogP contribution < -0.4 is 9.64 Å². The van der Waals surface area contributed by atoms with Crippen molar-refractivity contribution in [2.75, 3.05) is 44.9 Å². The number of hydrogen-bond acceptors (Lipinski definition) is 6. The largest absolute Gasteiger partial charge is 0.494 e. The number of anilines is 1. The third-order valence-corrected chi connectivity index (χ3v) is 7.69. The van der Waals surface area contributed by atoms with Crippen molar-refractivity contribution >= 4 is 80.0 Å². The van der Waals surface area contributed by atoms with Crippen molar-refractivity contribution in [3.05, 3.63) is 46.4 Å². The van der Waals surface area contributed by atoms with Gasteiger partial charge < -0.3 is 9.64 Å². The van der Waals surface area contributed by atoms with E-state index in [-0.39, 0.29) is 18.3 Å². The Balaban J connectivity index is 0.00000385. The van der Waals surface area contributed by atoms with Gasteiger partial charge in [-0.2, -0.15) is 0 Å². The van der Waals surface area contributed by atoms with E-state index < -0.39 is 0 Å². The van der Waals surface area contributed by atoms with E-state index in [1.807, 2.05) is 38.4 Å². The van der Waals surface area contributed by atoms with Gasteiger partial charge in [0.15, 0.2) is 5.13 Å². The predicted molar refractivity (Wildman–Crippen MR) is 145 cm³/mol. The number of nitrogens with zero attached hydrogens (tertiary/aromatic N) is 3. The molecule has 3 aromatic rings. The first-order valence-corrected chi connectivity index (χ1v) is 12.9. The Bertz CT molecular complexity index is 1050. The van der Waals surface area contributed by atoms with Crippen molar-refractivity contribution in [1.82, 2.24) is 9.88 Å². The number of carbonyl (C=O) groups is 1. The monoisotopic (exact) mass is 547 g/mol. The van der Waals surface area contributed by atoms with Crippen LogP contribution in [0.1, 0.15) is 19.3 Å². The van der Waals surface area contributed by atoms with Crippen LogP contribution in [0.2, 0.25) is 10.0 Å². The summed E-state index contributed by atoms with van der Waals surface area (Å²) in [6.45, 7) is 1.51. The number of thioether (sulfide) groups is 1. The molecular weight excluding hydrogens is 521 g/mol. The number of benzene rings is 2. The highest BCUT2D eigenvalue weighted by molar-refractivity contribution is 7.99. The highest BCUT2D eigenvalue weighted by Gasteiger charge is 2.21. The molecule has 1 heterocycles. The molecule has 180 valence electrons. The number of amides is 1. The molecule has 0 unspecified atom stereocenters. The summed E-state index contributed by atoms with van der Waals surface area (Å²) in [7, 11) is 5.67. The number of hydrogen-bond donors (Lipinski definition) is 0. The van der Waals surface area contributed by atoms with Crippen molar-refractivity contribution in [3.8, 4) is 5.75 Å². The number of methoxy groups -OCH3 is 1. The third-order valence-electron chi connectivity index (χ3n) is 4.80. The number of aromatic nitrogens is 1. The third kappa shape index (κ3) is 7.91. The molecule has 0 saturated heterocycles. The van der Waals surface area contributed by atoms with E-state index in [0.717, 1.165) is 39.8 Å². The summed E-state index contributed by atoms with van der Waals surface area (Å²) in [4.78, 5) is 23.0. The normalized spacial score (nSPS) is 11.0. The maximum atomic E-state index is 13.2. The zero-order valence-electron chi connectivity index (χ0n) is 18.8. The highest BCUT2D eigenvalue weighted by Crippen LogP contribution is 2.39. The van der Waals surface area contributed by atoms with E-state index >= 15 is 0 Å². The molecule has 0 saturated carbocycles. The van der Waals surface area contributed by atoms with E-state index in [4.69, 9.17) is 32.9 Å². The maximum absolute atomic E-state index is 13.2. The second-order valence-corrected chi connectivity index (χ2v) is 10.5. The van der Waals surface area contributed by atoms with Gasteiger partial charge in [0.25, 0.3) is 0 Å². The molecule has 0 bridgehead atoms. The lowest BCUT2D eigenvalue weighted by Crippen LogP contribution is -2.33. The molecule has 0 atom stereocenters. The molecule has 1 amide bonds. The number of ether oxygens (including phenoxy) is 1. The molecule has 0 spiro atoms. The van der Waals surface area contributed by atoms with Gasteiger partial charge in [0.1, 0.15) is 11.3 Å². The van der Waals surface area contributed by atoms with Gasteiger partial charge in [-0.05, 0) is 75.6 Å². The van der Waals surface area contributed by atoms with E-state index in [0.29, 0.717) is 34.4 Å². The van der Waals surface area contributed by atoms with Crippen molar-refractivity contribution in [1.29, 1.82) is 0 Å². The van der Waals surface area contributed by atoms with Crippen LogP contribution in [0, 0.1) is 0 Å². The lowest BCUT2D eigenvalue weighted by atomic mass is 10.3. The molecule has 0 aliphatic carbocycles. The average molecular weight is 549 g/mol. The van der Waals surface area contributed by atoms with Gasteiger partial charge in [0, 0.05) is 22.9 Å². The molecule has 3 rings (SSSR count). The smallest absolute Gasteiger partial charge is 0.228 e. The van der Waals surface area contributed by atoms with E-state index in [2.05, 4.69) is 4.90 Å². The lowest BCUT2D eigenvalue weighted by Gasteiger charge is -2.21. The molecule has 0 aliphatic rings. The lowest BCUT2D eigenvalue weighted by molar-refractivity contribution is -0.118. The summed E-state index contributed by atoms with van der Waals surface area (Å²) in [6, 6.07) is 11.4. The minimum atomic E-state index is 0. The molecule has 0 aliphatic heterocycles. The maximum Gasteiger partial charge on any atom is 0.228 e. The summed E-state index contributed by atoms with van der Waals surface area (Å²) in [5.74, 6) is 1.60. The molecule has 1 aromatic heterocycles. The first-order chi connectivity index (χ1) is 15.4. The van der Waals surface area contributed by atoms with Crippen molar-refractivity contribution in [2.45, 2.75) is 24.2 Å². The van der Waals surface area contributed by atoms with Gasteiger partial charge in [-0.1, -0.05) is 34.5 Å². The zero-order valence-corrected chi connectivity index (χ0v) is 22.8. The van der Waals surface area contributed by atoms with Crippen LogP contribution in [0.5, 0.6) is 5.75 Å². The van der Waals surface area contributed by atoms with Crippen LogP contribution >= 0.6 is 58.7 Å². The Labute approximate surface area is 219 Å². The van der Waals surface area contributed by atoms with Gasteiger partial charge in [0.2, 0.25) is 5.91 Å². The Morgan fingerprint density at radius 1 is 1.09 bits per heavy atom. The van der Waals surface area contributed by atoms with E-state index in [1.54, 1.807) is 35.9 Å². The highest BCUT2D eigenvalue weighted by atomic mass is 35.5. The van der Waals surface area contributed by atoms with Gasteiger partial charge in [0.05, 0.1) is 16.8 Å². The summed E-state index contributed by atoms with van der Waals surface area (Å²) in [5.41, 5.74) is 0.698. The molecule has 5 nitrogen and oxygen atoms in total. The Hall–Kier alpha value is -1.22. The first kappa shape index (κ1) is 28.0.